The van der Waals surface area contributed by atoms with E-state index in [1.54, 1.807) is 0 Å². The number of rotatable bonds is 6. The fourth-order valence-electron chi connectivity index (χ4n) is 1.91. The van der Waals surface area contributed by atoms with E-state index in [0.29, 0.717) is 18.2 Å². The predicted octanol–water partition coefficient (Wildman–Crippen LogP) is -3.02. The minimum atomic E-state index is -5.57. The van der Waals surface area contributed by atoms with Crippen molar-refractivity contribution in [1.29, 1.82) is 0 Å². The summed E-state index contributed by atoms with van der Waals surface area (Å²) in [5.74, 6) is -3.03. The van der Waals surface area contributed by atoms with Crippen LogP contribution in [0.25, 0.3) is 0 Å². The Labute approximate surface area is 275 Å². The first-order valence-electron chi connectivity index (χ1n) is 8.88. The molecule has 0 saturated heterocycles. The summed E-state index contributed by atoms with van der Waals surface area (Å²) in [4.78, 5) is -5.46. The van der Waals surface area contributed by atoms with Crippen LogP contribution in [0.5, 0.6) is 0 Å². The molecule has 0 fully saturated rings. The Kier molecular flexibility index (Phi) is 18.2. The van der Waals surface area contributed by atoms with Crippen LogP contribution in [-0.2, 0) is 40.3 Å². The Balaban J connectivity index is -0.000000593. The van der Waals surface area contributed by atoms with Gasteiger partial charge in [-0.25, -0.2) is 42.8 Å². The zero-order chi connectivity index (χ0) is 32.1. The van der Waals surface area contributed by atoms with Gasteiger partial charge in [0.05, 0.1) is 19.6 Å². The molecule has 26 heteroatoms. The molecule has 0 saturated carbocycles. The number of hydrogen-bond acceptors (Lipinski definition) is 10. The van der Waals surface area contributed by atoms with Crippen molar-refractivity contribution in [1.82, 2.24) is 0 Å². The first-order chi connectivity index (χ1) is 17.6. The Morgan fingerprint density at radius 1 is 0.619 bits per heavy atom. The standard InChI is InChI=1S/C8H6F4O5S2.C6H4F2O5S2.C2H2F4.2Na/c9-4-8(11,12)18(13,14)5-1-2-6(10)7(3-5)19(15,16)17;7-5-2-1-4(14(8,9)10)3-6(5)15(11,12)13;3-1-2(4,5)6;;/h1-3H,4H2,(H,15,16,17);1-3H,(H,11,12,13);1H2;;/q;;;2*+1/p-2. The average Bonchev–Trinajstić information content (AvgIpc) is 2.77. The molecule has 0 aliphatic heterocycles. The van der Waals surface area contributed by atoms with Crippen LogP contribution in [0.4, 0.5) is 43.4 Å². The monoisotopic (exact) mass is 726 g/mol. The third kappa shape index (κ3) is 14.0. The third-order valence-corrected chi connectivity index (χ3v) is 7.93. The maximum atomic E-state index is 13.0. The summed E-state index contributed by atoms with van der Waals surface area (Å²) >= 11 is 0. The molecule has 0 spiro atoms. The number of sulfone groups is 1. The summed E-state index contributed by atoms with van der Waals surface area (Å²) in [5, 5.41) is -4.81. The molecule has 0 amide bonds. The van der Waals surface area contributed by atoms with Crippen LogP contribution < -0.4 is 59.1 Å². The molecular weight excluding hydrogens is 716 g/mol. The van der Waals surface area contributed by atoms with Crippen LogP contribution in [0, 0.1) is 11.6 Å². The fourth-order valence-corrected chi connectivity index (χ4v) is 4.72. The fraction of sp³-hybridized carbons (Fsp3) is 0.250. The van der Waals surface area contributed by atoms with Gasteiger partial charge < -0.3 is 9.11 Å². The van der Waals surface area contributed by atoms with Crippen molar-refractivity contribution < 1.29 is 145 Å². The van der Waals surface area contributed by atoms with Crippen molar-refractivity contribution in [2.45, 2.75) is 31.0 Å². The summed E-state index contributed by atoms with van der Waals surface area (Å²) in [7, 11) is -21.3. The molecule has 2 rings (SSSR count). The first kappa shape index (κ1) is 45.9. The van der Waals surface area contributed by atoms with Gasteiger partial charge in [0.1, 0.15) is 31.9 Å². The molecule has 0 aliphatic rings. The molecule has 2 aromatic rings. The second-order valence-corrected chi connectivity index (χ2v) is 12.7. The number of hydrogen-bond donors (Lipinski definition) is 0. The molecule has 0 heterocycles. The molecule has 2 aromatic carbocycles. The molecule has 0 unspecified atom stereocenters. The molecule has 0 aromatic heterocycles. The van der Waals surface area contributed by atoms with Crippen molar-refractivity contribution >= 4 is 40.3 Å². The van der Waals surface area contributed by atoms with Crippen LogP contribution >= 0.6 is 0 Å². The SMILES string of the molecule is FCC(F)(F)F.O=S(=O)([O-])c1cc(S(=O)(=O)C(F)(F)CF)ccc1F.O=S(=O)([O-])c1cc(S(=O)(=O)F)ccc1F.[Na+].[Na+]. The van der Waals surface area contributed by atoms with Gasteiger partial charge in [-0.3, -0.25) is 0 Å². The zero-order valence-electron chi connectivity index (χ0n) is 20.4. The van der Waals surface area contributed by atoms with Gasteiger partial charge in [0.25, 0.3) is 0 Å². The molecule has 230 valence electrons. The summed E-state index contributed by atoms with van der Waals surface area (Å²) < 4.78 is 224. The largest absolute Gasteiger partial charge is 1.00 e. The van der Waals surface area contributed by atoms with Gasteiger partial charge in [0, 0.05) is 0 Å². The molecule has 42 heavy (non-hydrogen) atoms. The smallest absolute Gasteiger partial charge is 0.744 e. The van der Waals surface area contributed by atoms with Gasteiger partial charge in [-0.05, 0) is 36.4 Å². The van der Waals surface area contributed by atoms with Crippen molar-refractivity contribution in [2.24, 2.45) is 0 Å². The number of alkyl halides is 7. The van der Waals surface area contributed by atoms with Gasteiger partial charge in [0.15, 0.2) is 13.3 Å². The molecule has 0 radical (unpaired) electrons. The molecule has 10 nitrogen and oxygen atoms in total. The van der Waals surface area contributed by atoms with Gasteiger partial charge in [-0.15, -0.1) is 3.89 Å². The minimum absolute atomic E-state index is 0. The Morgan fingerprint density at radius 3 is 1.19 bits per heavy atom. The van der Waals surface area contributed by atoms with Gasteiger partial charge >= 0.3 is 80.8 Å². The van der Waals surface area contributed by atoms with E-state index in [1.165, 1.54) is 0 Å². The topological polar surface area (TPSA) is 183 Å². The minimum Gasteiger partial charge on any atom is -0.744 e. The maximum absolute atomic E-state index is 13.0. The second kappa shape index (κ2) is 16.7. The quantitative estimate of drug-likeness (QED) is 0.0978. The Bertz CT molecular complexity index is 1650. The van der Waals surface area contributed by atoms with Crippen LogP contribution in [0.1, 0.15) is 0 Å². The van der Waals surface area contributed by atoms with Crippen LogP contribution in [0.2, 0.25) is 0 Å². The summed E-state index contributed by atoms with van der Waals surface area (Å²) in [6.07, 6.45) is -4.62. The van der Waals surface area contributed by atoms with E-state index < -0.39 is 96.3 Å². The van der Waals surface area contributed by atoms with Crippen molar-refractivity contribution in [3.05, 3.63) is 48.0 Å². The first-order valence-corrected chi connectivity index (χ1v) is 14.6. The zero-order valence-corrected chi connectivity index (χ0v) is 27.6. The van der Waals surface area contributed by atoms with Crippen molar-refractivity contribution in [2.75, 3.05) is 13.3 Å². The Hall–Kier alpha value is -0.540. The summed E-state index contributed by atoms with van der Waals surface area (Å²) in [5.41, 5.74) is 0. The summed E-state index contributed by atoms with van der Waals surface area (Å²) in [6, 6.07) is 1.48. The van der Waals surface area contributed by atoms with Crippen LogP contribution in [0.3, 0.4) is 0 Å². The van der Waals surface area contributed by atoms with E-state index >= 15 is 0 Å². The molecule has 0 bridgehead atoms. The maximum Gasteiger partial charge on any atom is 1.00 e. The normalized spacial score (nSPS) is 12.4. The molecule has 0 atom stereocenters. The number of halogens is 10. The molecule has 0 aliphatic carbocycles. The Morgan fingerprint density at radius 2 is 0.929 bits per heavy atom. The van der Waals surface area contributed by atoms with E-state index in [4.69, 9.17) is 0 Å². The van der Waals surface area contributed by atoms with Crippen molar-refractivity contribution in [3.8, 4) is 0 Å². The van der Waals surface area contributed by atoms with Crippen molar-refractivity contribution in [3.63, 3.8) is 0 Å². The number of benzene rings is 2. The van der Waals surface area contributed by atoms with E-state index in [-0.39, 0.29) is 77.3 Å². The van der Waals surface area contributed by atoms with Crippen LogP contribution in [-0.4, -0.2) is 67.6 Å². The van der Waals surface area contributed by atoms with E-state index in [0.717, 1.165) is 0 Å². The molecular formula is C16H10F10Na2O10S4. The van der Waals surface area contributed by atoms with Gasteiger partial charge in [0.2, 0.25) is 9.84 Å². The van der Waals surface area contributed by atoms with Gasteiger partial charge in [-0.1, -0.05) is 0 Å². The van der Waals surface area contributed by atoms with Crippen LogP contribution in [0.15, 0.2) is 56.0 Å². The third-order valence-electron chi connectivity index (χ3n) is 3.64. The molecule has 0 N–H and O–H groups in total. The van der Waals surface area contributed by atoms with E-state index in [9.17, 15) is 86.2 Å². The predicted molar refractivity (Wildman–Crippen MR) is 107 cm³/mol. The average molecular weight is 726 g/mol. The van der Waals surface area contributed by atoms with E-state index in [2.05, 4.69) is 0 Å². The van der Waals surface area contributed by atoms with E-state index in [1.807, 2.05) is 0 Å². The summed E-state index contributed by atoms with van der Waals surface area (Å²) in [6.45, 7) is -4.78. The second-order valence-electron chi connectivity index (χ2n) is 6.55. The van der Waals surface area contributed by atoms with Gasteiger partial charge in [-0.2, -0.15) is 30.4 Å².